The van der Waals surface area contributed by atoms with Crippen LogP contribution in [0.5, 0.6) is 11.8 Å². The number of hydrogen-bond acceptors (Lipinski definition) is 6. The molecule has 0 aliphatic rings. The number of benzene rings is 2. The maximum atomic E-state index is 12.5. The summed E-state index contributed by atoms with van der Waals surface area (Å²) < 4.78 is 12.6. The van der Waals surface area contributed by atoms with Gasteiger partial charge in [0.2, 0.25) is 0 Å². The Kier molecular flexibility index (Phi) is 5.68. The molecule has 0 aliphatic carbocycles. The molecule has 1 amide bonds. The lowest BCUT2D eigenvalue weighted by Crippen LogP contribution is -2.33. The van der Waals surface area contributed by atoms with Gasteiger partial charge in [0.25, 0.3) is 0 Å². The van der Waals surface area contributed by atoms with Crippen molar-refractivity contribution in [1.29, 1.82) is 0 Å². The van der Waals surface area contributed by atoms with Crippen LogP contribution in [0.25, 0.3) is 0 Å². The van der Waals surface area contributed by atoms with Crippen LogP contribution < -0.4 is 14.5 Å². The number of rotatable bonds is 6. The summed E-state index contributed by atoms with van der Waals surface area (Å²) in [7, 11) is 3.18. The lowest BCUT2D eigenvalue weighted by molar-refractivity contribution is 0.134. The van der Waals surface area contributed by atoms with Crippen LogP contribution >= 0.6 is 0 Å². The quantitative estimate of drug-likeness (QED) is 0.622. The predicted octanol–water partition coefficient (Wildman–Crippen LogP) is 3.27. The lowest BCUT2D eigenvalue weighted by atomic mass is 10.2. The zero-order valence-corrected chi connectivity index (χ0v) is 15.3. The van der Waals surface area contributed by atoms with E-state index in [1.807, 2.05) is 25.1 Å². The van der Waals surface area contributed by atoms with Gasteiger partial charge in [0, 0.05) is 12.6 Å². The second-order valence-electron chi connectivity index (χ2n) is 5.64. The number of amides is 1. The van der Waals surface area contributed by atoms with Crippen LogP contribution in [-0.2, 0) is 18.5 Å². The number of aryl methyl sites for hydroxylation is 2. The van der Waals surface area contributed by atoms with Crippen molar-refractivity contribution in [2.75, 3.05) is 12.2 Å². The van der Waals surface area contributed by atoms with E-state index in [9.17, 15) is 4.79 Å². The zero-order chi connectivity index (χ0) is 19.2. The summed E-state index contributed by atoms with van der Waals surface area (Å²) in [6, 6.07) is 16.3. The fourth-order valence-electron chi connectivity index (χ4n) is 2.37. The molecule has 2 aromatic carbocycles. The van der Waals surface area contributed by atoms with E-state index in [1.54, 1.807) is 48.1 Å². The Morgan fingerprint density at radius 2 is 1.81 bits per heavy atom. The first-order valence-corrected chi connectivity index (χ1v) is 8.28. The smallest absolute Gasteiger partial charge is 0.444 e. The number of ether oxygens (including phenoxy) is 2. The number of anilines is 1. The zero-order valence-electron chi connectivity index (χ0n) is 15.3. The topological polar surface area (TPSA) is 78.7 Å². The molecular weight excluding hydrogens is 348 g/mol. The first-order chi connectivity index (χ1) is 13.1. The van der Waals surface area contributed by atoms with Crippen molar-refractivity contribution in [3.8, 4) is 11.8 Å². The fraction of sp³-hybridized carbons (Fsp3) is 0.211. The number of carbonyl (C=O) groups is 1. The first kappa shape index (κ1) is 18.4. The number of nitrogens with zero attached hydrogens (tertiary/aromatic N) is 4. The highest BCUT2D eigenvalue weighted by Gasteiger charge is 2.21. The van der Waals surface area contributed by atoms with Gasteiger partial charge in [-0.3, -0.25) is 4.84 Å². The van der Waals surface area contributed by atoms with Gasteiger partial charge in [-0.1, -0.05) is 36.4 Å². The first-order valence-electron chi connectivity index (χ1n) is 8.28. The largest absolute Gasteiger partial charge is 0.457 e. The summed E-state index contributed by atoms with van der Waals surface area (Å²) in [4.78, 5) is 22.0. The Balaban J connectivity index is 1.76. The maximum Gasteiger partial charge on any atom is 0.444 e. The predicted molar refractivity (Wildman–Crippen MR) is 98.5 cm³/mol. The fourth-order valence-corrected chi connectivity index (χ4v) is 2.37. The van der Waals surface area contributed by atoms with Crippen molar-refractivity contribution in [2.45, 2.75) is 13.5 Å². The molecule has 0 aliphatic heterocycles. The lowest BCUT2D eigenvalue weighted by Gasteiger charge is -2.21. The average molecular weight is 368 g/mol. The molecule has 27 heavy (non-hydrogen) atoms. The van der Waals surface area contributed by atoms with Crippen LogP contribution in [0, 0.1) is 6.92 Å². The minimum absolute atomic E-state index is 0.165. The molecule has 0 fully saturated rings. The molecule has 0 unspecified atom stereocenters. The van der Waals surface area contributed by atoms with Crippen LogP contribution in [0.2, 0.25) is 0 Å². The van der Waals surface area contributed by atoms with Crippen molar-refractivity contribution in [3.63, 3.8) is 0 Å². The summed E-state index contributed by atoms with van der Waals surface area (Å²) in [5.41, 5.74) is 1.23. The van der Waals surface area contributed by atoms with E-state index in [0.29, 0.717) is 11.4 Å². The van der Waals surface area contributed by atoms with Gasteiger partial charge >= 0.3 is 12.1 Å². The number of para-hydroxylation sites is 2. The van der Waals surface area contributed by atoms with E-state index in [-0.39, 0.29) is 12.6 Å². The van der Waals surface area contributed by atoms with Gasteiger partial charge in [-0.2, -0.15) is 10.0 Å². The highest BCUT2D eigenvalue weighted by atomic mass is 16.7. The van der Waals surface area contributed by atoms with Crippen molar-refractivity contribution < 1.29 is 19.1 Å². The Hall–Kier alpha value is -3.39. The highest BCUT2D eigenvalue weighted by molar-refractivity contribution is 5.87. The van der Waals surface area contributed by atoms with Crippen LogP contribution in [-0.4, -0.2) is 28.0 Å². The number of hydrogen-bond donors (Lipinski definition) is 0. The summed E-state index contributed by atoms with van der Waals surface area (Å²) >= 11 is 0. The van der Waals surface area contributed by atoms with Crippen LogP contribution in [0.3, 0.4) is 0 Å². The molecular formula is C19H20N4O4. The molecule has 3 aromatic rings. The standard InChI is InChI=1S/C19H20N4O4/c1-14-20-18(21-22(14)2)26-13-15-9-7-8-12-17(15)23(25-3)19(24)27-16-10-5-4-6-11-16/h4-12H,13H2,1-3H3. The van der Waals surface area contributed by atoms with E-state index < -0.39 is 6.09 Å². The van der Waals surface area contributed by atoms with Gasteiger partial charge < -0.3 is 9.47 Å². The Bertz CT molecular complexity index is 892. The van der Waals surface area contributed by atoms with Gasteiger partial charge in [-0.25, -0.2) is 9.48 Å². The van der Waals surface area contributed by atoms with Gasteiger partial charge in [0.15, 0.2) is 0 Å². The van der Waals surface area contributed by atoms with Crippen LogP contribution in [0.4, 0.5) is 10.5 Å². The van der Waals surface area contributed by atoms with Crippen molar-refractivity contribution in [3.05, 3.63) is 66.0 Å². The van der Waals surface area contributed by atoms with Crippen molar-refractivity contribution in [2.24, 2.45) is 7.05 Å². The van der Waals surface area contributed by atoms with E-state index >= 15 is 0 Å². The molecule has 3 rings (SSSR count). The van der Waals surface area contributed by atoms with E-state index in [1.165, 1.54) is 7.11 Å². The van der Waals surface area contributed by atoms with E-state index in [2.05, 4.69) is 10.1 Å². The van der Waals surface area contributed by atoms with E-state index in [0.717, 1.165) is 16.5 Å². The molecule has 0 saturated carbocycles. The van der Waals surface area contributed by atoms with Gasteiger partial charge in [-0.15, -0.1) is 5.10 Å². The van der Waals surface area contributed by atoms with Gasteiger partial charge in [-0.05, 0) is 25.1 Å². The summed E-state index contributed by atoms with van der Waals surface area (Å²) in [6.07, 6.45) is -0.664. The second kappa shape index (κ2) is 8.33. The van der Waals surface area contributed by atoms with E-state index in [4.69, 9.17) is 14.3 Å². The minimum Gasteiger partial charge on any atom is -0.457 e. The molecule has 0 bridgehead atoms. The minimum atomic E-state index is -0.664. The molecule has 0 atom stereocenters. The highest BCUT2D eigenvalue weighted by Crippen LogP contribution is 2.23. The molecule has 0 radical (unpaired) electrons. The Morgan fingerprint density at radius 3 is 2.48 bits per heavy atom. The molecule has 1 heterocycles. The van der Waals surface area contributed by atoms with Crippen molar-refractivity contribution >= 4 is 11.8 Å². The molecule has 0 spiro atoms. The summed E-state index contributed by atoms with van der Waals surface area (Å²) in [5, 5.41) is 5.23. The molecule has 8 nitrogen and oxygen atoms in total. The number of carbonyl (C=O) groups excluding carboxylic acids is 1. The SMILES string of the molecule is CON(C(=O)Oc1ccccc1)c1ccccc1COc1nc(C)n(C)n1. The molecule has 0 N–H and O–H groups in total. The molecule has 8 heteroatoms. The Labute approximate surface area is 156 Å². The third-order valence-electron chi connectivity index (χ3n) is 3.83. The Morgan fingerprint density at radius 1 is 1.11 bits per heavy atom. The third-order valence-corrected chi connectivity index (χ3v) is 3.83. The average Bonchev–Trinajstić information content (AvgIpc) is 3.00. The van der Waals surface area contributed by atoms with Crippen LogP contribution in [0.1, 0.15) is 11.4 Å². The molecule has 1 aromatic heterocycles. The molecule has 140 valence electrons. The van der Waals surface area contributed by atoms with Gasteiger partial charge in [0.05, 0.1) is 12.8 Å². The maximum absolute atomic E-state index is 12.5. The number of hydroxylamine groups is 1. The summed E-state index contributed by atoms with van der Waals surface area (Å²) in [6.45, 7) is 2.00. The van der Waals surface area contributed by atoms with Gasteiger partial charge in [0.1, 0.15) is 18.2 Å². The summed E-state index contributed by atoms with van der Waals surface area (Å²) in [5.74, 6) is 1.16. The number of aromatic nitrogens is 3. The monoisotopic (exact) mass is 368 g/mol. The molecule has 0 saturated heterocycles. The second-order valence-corrected chi connectivity index (χ2v) is 5.64. The van der Waals surface area contributed by atoms with Crippen LogP contribution in [0.15, 0.2) is 54.6 Å². The third kappa shape index (κ3) is 4.42. The van der Waals surface area contributed by atoms with Crippen molar-refractivity contribution in [1.82, 2.24) is 14.8 Å². The normalized spacial score (nSPS) is 10.5.